The van der Waals surface area contributed by atoms with Gasteiger partial charge in [-0.25, -0.2) is 9.78 Å². The number of carbonyl (C=O) groups is 1. The van der Waals surface area contributed by atoms with Crippen LogP contribution < -0.4 is 15.4 Å². The van der Waals surface area contributed by atoms with E-state index >= 15 is 0 Å². The highest BCUT2D eigenvalue weighted by atomic mass is 16.5. The first-order valence-corrected chi connectivity index (χ1v) is 7.96. The van der Waals surface area contributed by atoms with Crippen LogP contribution in [0, 0.1) is 0 Å². The van der Waals surface area contributed by atoms with Gasteiger partial charge in [-0.05, 0) is 19.9 Å². The summed E-state index contributed by atoms with van der Waals surface area (Å²) >= 11 is 0. The van der Waals surface area contributed by atoms with Crippen molar-refractivity contribution in [1.82, 2.24) is 20.5 Å². The third kappa shape index (κ3) is 5.69. The lowest BCUT2D eigenvalue weighted by Gasteiger charge is -2.35. The van der Waals surface area contributed by atoms with E-state index in [0.29, 0.717) is 19.0 Å². The molecule has 1 saturated heterocycles. The number of ether oxygens (including phenoxy) is 2. The molecule has 2 rings (SSSR count). The summed E-state index contributed by atoms with van der Waals surface area (Å²) < 4.78 is 10.9. The van der Waals surface area contributed by atoms with Crippen molar-refractivity contribution in [3.05, 3.63) is 23.9 Å². The van der Waals surface area contributed by atoms with Crippen LogP contribution in [0.15, 0.2) is 18.3 Å². The lowest BCUT2D eigenvalue weighted by Crippen LogP contribution is -2.48. The molecule has 2 heterocycles. The van der Waals surface area contributed by atoms with Crippen LogP contribution in [-0.2, 0) is 11.3 Å². The van der Waals surface area contributed by atoms with E-state index in [2.05, 4.69) is 34.4 Å². The minimum absolute atomic E-state index is 0.190. The zero-order valence-corrected chi connectivity index (χ0v) is 14.0. The summed E-state index contributed by atoms with van der Waals surface area (Å²) in [5.41, 5.74) is 0.848. The summed E-state index contributed by atoms with van der Waals surface area (Å²) in [5, 5.41) is 5.69. The van der Waals surface area contributed by atoms with E-state index in [4.69, 9.17) is 9.47 Å². The average molecular weight is 322 g/mol. The van der Waals surface area contributed by atoms with Crippen molar-refractivity contribution in [1.29, 1.82) is 0 Å². The lowest BCUT2D eigenvalue weighted by atomic mass is 10.2. The number of nitrogens with zero attached hydrogens (tertiary/aromatic N) is 2. The second-order valence-electron chi connectivity index (χ2n) is 5.80. The highest BCUT2D eigenvalue weighted by Crippen LogP contribution is 2.12. The van der Waals surface area contributed by atoms with Gasteiger partial charge in [-0.3, -0.25) is 4.90 Å². The molecule has 0 radical (unpaired) electrons. The quantitative estimate of drug-likeness (QED) is 0.817. The summed E-state index contributed by atoms with van der Waals surface area (Å²) in [5.74, 6) is 0.532. The van der Waals surface area contributed by atoms with E-state index in [9.17, 15) is 4.79 Å². The van der Waals surface area contributed by atoms with Gasteiger partial charge in [0.15, 0.2) is 0 Å². The normalized spacial score (nSPS) is 21.7. The highest BCUT2D eigenvalue weighted by Gasteiger charge is 2.21. The largest absolute Gasteiger partial charge is 0.481 e. The number of nitrogens with one attached hydrogen (secondary N) is 2. The number of aromatic nitrogens is 1. The van der Waals surface area contributed by atoms with E-state index < -0.39 is 0 Å². The molecule has 0 aromatic carbocycles. The van der Waals surface area contributed by atoms with E-state index in [0.717, 1.165) is 25.2 Å². The van der Waals surface area contributed by atoms with Gasteiger partial charge in [0.05, 0.1) is 19.3 Å². The number of urea groups is 1. The molecule has 7 heteroatoms. The van der Waals surface area contributed by atoms with Crippen LogP contribution >= 0.6 is 0 Å². The number of morpholine rings is 1. The molecule has 1 aromatic heterocycles. The number of hydrogen-bond donors (Lipinski definition) is 2. The maximum Gasteiger partial charge on any atom is 0.315 e. The lowest BCUT2D eigenvalue weighted by molar-refractivity contribution is -0.0672. The van der Waals surface area contributed by atoms with Gasteiger partial charge in [0.1, 0.15) is 0 Å². The summed E-state index contributed by atoms with van der Waals surface area (Å²) in [7, 11) is 1.57. The van der Waals surface area contributed by atoms with E-state index in [-0.39, 0.29) is 18.2 Å². The SMILES string of the molecule is COc1ncccc1CNC(=O)NCCN1C[C@H](C)O[C@@H](C)C1. The fourth-order valence-electron chi connectivity index (χ4n) is 2.77. The third-order valence-corrected chi connectivity index (χ3v) is 3.69. The minimum Gasteiger partial charge on any atom is -0.481 e. The summed E-state index contributed by atoms with van der Waals surface area (Å²) in [6.07, 6.45) is 2.14. The predicted molar refractivity (Wildman–Crippen MR) is 87.5 cm³/mol. The first kappa shape index (κ1) is 17.5. The molecule has 2 amide bonds. The number of rotatable bonds is 6. The van der Waals surface area contributed by atoms with Crippen LogP contribution in [-0.4, -0.2) is 61.4 Å². The van der Waals surface area contributed by atoms with Crippen LogP contribution in [0.3, 0.4) is 0 Å². The molecular weight excluding hydrogens is 296 g/mol. The maximum absolute atomic E-state index is 11.9. The first-order valence-electron chi connectivity index (χ1n) is 7.96. The van der Waals surface area contributed by atoms with Crippen molar-refractivity contribution in [3.63, 3.8) is 0 Å². The Morgan fingerprint density at radius 2 is 2.13 bits per heavy atom. The molecule has 0 saturated carbocycles. The van der Waals surface area contributed by atoms with Gasteiger partial charge in [0.25, 0.3) is 0 Å². The monoisotopic (exact) mass is 322 g/mol. The Morgan fingerprint density at radius 3 is 2.83 bits per heavy atom. The maximum atomic E-state index is 11.9. The summed E-state index contributed by atoms with van der Waals surface area (Å²) in [4.78, 5) is 18.3. The molecule has 1 aliphatic heterocycles. The number of amides is 2. The van der Waals surface area contributed by atoms with Crippen LogP contribution in [0.1, 0.15) is 19.4 Å². The highest BCUT2D eigenvalue weighted by molar-refractivity contribution is 5.73. The Kier molecular flexibility index (Phi) is 6.61. The Bertz CT molecular complexity index is 502. The standard InChI is InChI=1S/C16H26N4O3/c1-12-10-20(11-13(2)23-12)8-7-18-16(21)19-9-14-5-4-6-17-15(14)22-3/h4-6,12-13H,7-11H2,1-3H3,(H2,18,19,21)/t12-,13-/m0/s1. The Morgan fingerprint density at radius 1 is 1.39 bits per heavy atom. The van der Waals surface area contributed by atoms with Crippen LogP contribution in [0.5, 0.6) is 5.88 Å². The molecule has 0 aliphatic carbocycles. The van der Waals surface area contributed by atoms with Gasteiger partial charge < -0.3 is 20.1 Å². The second kappa shape index (κ2) is 8.69. The van der Waals surface area contributed by atoms with Gasteiger partial charge in [-0.1, -0.05) is 6.07 Å². The van der Waals surface area contributed by atoms with Gasteiger partial charge >= 0.3 is 6.03 Å². The Labute approximate surface area is 137 Å². The molecular formula is C16H26N4O3. The number of pyridine rings is 1. The molecule has 1 fully saturated rings. The van der Waals surface area contributed by atoms with Crippen LogP contribution in [0.2, 0.25) is 0 Å². The fraction of sp³-hybridized carbons (Fsp3) is 0.625. The van der Waals surface area contributed by atoms with E-state index in [1.807, 2.05) is 12.1 Å². The van der Waals surface area contributed by atoms with Crippen LogP contribution in [0.4, 0.5) is 4.79 Å². The van der Waals surface area contributed by atoms with Crippen LogP contribution in [0.25, 0.3) is 0 Å². The Hall–Kier alpha value is -1.86. The average Bonchev–Trinajstić information content (AvgIpc) is 2.52. The molecule has 1 aliphatic rings. The van der Waals surface area contributed by atoms with Crippen molar-refractivity contribution in [2.75, 3.05) is 33.3 Å². The number of hydrogen-bond acceptors (Lipinski definition) is 5. The zero-order valence-electron chi connectivity index (χ0n) is 14.0. The van der Waals surface area contributed by atoms with Crippen molar-refractivity contribution in [2.24, 2.45) is 0 Å². The molecule has 23 heavy (non-hydrogen) atoms. The number of methoxy groups -OCH3 is 1. The van der Waals surface area contributed by atoms with Crippen molar-refractivity contribution < 1.29 is 14.3 Å². The molecule has 0 bridgehead atoms. The second-order valence-corrected chi connectivity index (χ2v) is 5.80. The molecule has 0 spiro atoms. The minimum atomic E-state index is -0.190. The Balaban J connectivity index is 1.67. The van der Waals surface area contributed by atoms with Gasteiger partial charge in [0, 0.05) is 44.5 Å². The van der Waals surface area contributed by atoms with Crippen molar-refractivity contribution >= 4 is 6.03 Å². The third-order valence-electron chi connectivity index (χ3n) is 3.69. The zero-order chi connectivity index (χ0) is 16.7. The van der Waals surface area contributed by atoms with Gasteiger partial charge in [-0.2, -0.15) is 0 Å². The summed E-state index contributed by atoms with van der Waals surface area (Å²) in [6, 6.07) is 3.51. The predicted octanol–water partition coefficient (Wildman–Crippen LogP) is 0.999. The molecule has 2 atom stereocenters. The first-order chi connectivity index (χ1) is 11.1. The molecule has 1 aromatic rings. The molecule has 7 nitrogen and oxygen atoms in total. The van der Waals surface area contributed by atoms with E-state index in [1.165, 1.54) is 0 Å². The van der Waals surface area contributed by atoms with Crippen molar-refractivity contribution in [2.45, 2.75) is 32.6 Å². The van der Waals surface area contributed by atoms with Gasteiger partial charge in [-0.15, -0.1) is 0 Å². The smallest absolute Gasteiger partial charge is 0.315 e. The molecule has 128 valence electrons. The van der Waals surface area contributed by atoms with Crippen molar-refractivity contribution in [3.8, 4) is 5.88 Å². The van der Waals surface area contributed by atoms with Gasteiger partial charge in [0.2, 0.25) is 5.88 Å². The molecule has 2 N–H and O–H groups in total. The van der Waals surface area contributed by atoms with E-state index in [1.54, 1.807) is 13.3 Å². The fourth-order valence-corrected chi connectivity index (χ4v) is 2.77. The number of carbonyl (C=O) groups excluding carboxylic acids is 1. The molecule has 0 unspecified atom stereocenters. The topological polar surface area (TPSA) is 75.7 Å². The summed E-state index contributed by atoms with van der Waals surface area (Å²) in [6.45, 7) is 7.76.